The summed E-state index contributed by atoms with van der Waals surface area (Å²) in [4.78, 5) is 0. The van der Waals surface area contributed by atoms with Gasteiger partial charge in [0.1, 0.15) is 0 Å². The van der Waals surface area contributed by atoms with E-state index in [1.807, 2.05) is 18.2 Å². The molecule has 0 aromatic heterocycles. The molecule has 1 rings (SSSR count). The van der Waals surface area contributed by atoms with Gasteiger partial charge in [-0.05, 0) is 6.92 Å². The van der Waals surface area contributed by atoms with E-state index in [0.29, 0.717) is 0 Å². The van der Waals surface area contributed by atoms with Crippen molar-refractivity contribution in [1.82, 2.24) is 0 Å². The van der Waals surface area contributed by atoms with Gasteiger partial charge in [0.25, 0.3) is 0 Å². The minimum Gasteiger partial charge on any atom is -1.00 e. The average molecular weight is 211 g/mol. The molecule has 0 heterocycles. The summed E-state index contributed by atoms with van der Waals surface area (Å²) in [5, 5.41) is 0. The van der Waals surface area contributed by atoms with E-state index in [1.54, 1.807) is 0 Å². The molecule has 0 saturated heterocycles. The molecule has 0 atom stereocenters. The number of benzene rings is 1. The Hall–Kier alpha value is 1.34. The number of halogens is 1. The van der Waals surface area contributed by atoms with Gasteiger partial charge in [-0.25, -0.2) is 0 Å². The van der Waals surface area contributed by atoms with Crippen molar-refractivity contribution < 1.29 is 68.4 Å². The van der Waals surface area contributed by atoms with E-state index in [0.717, 1.165) is 0 Å². The SMILES string of the molecule is Cc1ccccc1.[Br-].[K+]. The topological polar surface area (TPSA) is 0 Å². The number of hydrogen-bond acceptors (Lipinski definition) is 0. The Morgan fingerprint density at radius 2 is 1.44 bits per heavy atom. The number of aryl methyl sites for hydroxylation is 1. The average Bonchev–Trinajstić information content (AvgIpc) is 1.69. The molecule has 0 saturated carbocycles. The summed E-state index contributed by atoms with van der Waals surface area (Å²) in [6.07, 6.45) is 0. The van der Waals surface area contributed by atoms with Crippen LogP contribution in [0.15, 0.2) is 30.3 Å². The summed E-state index contributed by atoms with van der Waals surface area (Å²) in [5.74, 6) is 0. The smallest absolute Gasteiger partial charge is 1.00 e. The molecule has 0 aliphatic heterocycles. The van der Waals surface area contributed by atoms with Gasteiger partial charge in [-0.3, -0.25) is 0 Å². The monoisotopic (exact) mass is 210 g/mol. The maximum absolute atomic E-state index is 2.08. The van der Waals surface area contributed by atoms with Crippen LogP contribution >= 0.6 is 0 Å². The predicted octanol–water partition coefficient (Wildman–Crippen LogP) is -4.00. The van der Waals surface area contributed by atoms with Crippen molar-refractivity contribution in [2.45, 2.75) is 6.92 Å². The molecule has 0 nitrogen and oxygen atoms in total. The summed E-state index contributed by atoms with van der Waals surface area (Å²) in [7, 11) is 0. The van der Waals surface area contributed by atoms with Crippen LogP contribution in [0.2, 0.25) is 0 Å². The molecule has 1 aromatic rings. The summed E-state index contributed by atoms with van der Waals surface area (Å²) >= 11 is 0. The standard InChI is InChI=1S/C7H8.BrH.K/c1-7-5-3-2-4-6-7;;/h2-6H,1H3;1H;/q;;+1/p-1. The molecule has 44 valence electrons. The molecule has 0 spiro atoms. The van der Waals surface area contributed by atoms with E-state index in [9.17, 15) is 0 Å². The first-order valence-electron chi connectivity index (χ1n) is 2.41. The van der Waals surface area contributed by atoms with Crippen LogP contribution < -0.4 is 68.4 Å². The van der Waals surface area contributed by atoms with Crippen LogP contribution in [-0.2, 0) is 0 Å². The molecular weight excluding hydrogens is 203 g/mol. The first-order valence-corrected chi connectivity index (χ1v) is 2.41. The molecule has 0 aliphatic carbocycles. The summed E-state index contributed by atoms with van der Waals surface area (Å²) in [6, 6.07) is 10.3. The van der Waals surface area contributed by atoms with E-state index >= 15 is 0 Å². The van der Waals surface area contributed by atoms with Crippen molar-refractivity contribution in [2.24, 2.45) is 0 Å². The third kappa shape index (κ3) is 5.76. The van der Waals surface area contributed by atoms with Gasteiger partial charge in [0.05, 0.1) is 0 Å². The van der Waals surface area contributed by atoms with Crippen LogP contribution in [0.25, 0.3) is 0 Å². The van der Waals surface area contributed by atoms with E-state index in [4.69, 9.17) is 0 Å². The fourth-order valence-corrected chi connectivity index (χ4v) is 0.534. The van der Waals surface area contributed by atoms with Crippen molar-refractivity contribution in [2.75, 3.05) is 0 Å². The van der Waals surface area contributed by atoms with Crippen LogP contribution in [0.4, 0.5) is 0 Å². The number of hydrogen-bond donors (Lipinski definition) is 0. The first kappa shape index (κ1) is 13.0. The van der Waals surface area contributed by atoms with E-state index in [-0.39, 0.29) is 68.4 Å². The Kier molecular flexibility index (Phi) is 10.7. The molecule has 1 aromatic carbocycles. The molecule has 0 aliphatic rings. The Labute approximate surface area is 109 Å². The molecule has 0 fully saturated rings. The maximum Gasteiger partial charge on any atom is 1.00 e. The quantitative estimate of drug-likeness (QED) is 0.384. The zero-order valence-corrected chi connectivity index (χ0v) is 10.5. The molecule has 2 heteroatoms. The minimum atomic E-state index is 0. The summed E-state index contributed by atoms with van der Waals surface area (Å²) < 4.78 is 0. The molecular formula is C7H8BrK. The molecule has 0 unspecified atom stereocenters. The van der Waals surface area contributed by atoms with Gasteiger partial charge in [0.2, 0.25) is 0 Å². The normalized spacial score (nSPS) is 6.78. The third-order valence-electron chi connectivity index (χ3n) is 0.940. The van der Waals surface area contributed by atoms with Crippen molar-refractivity contribution in [3.05, 3.63) is 35.9 Å². The zero-order chi connectivity index (χ0) is 5.11. The van der Waals surface area contributed by atoms with Crippen molar-refractivity contribution in [1.29, 1.82) is 0 Å². The summed E-state index contributed by atoms with van der Waals surface area (Å²) in [6.45, 7) is 2.08. The van der Waals surface area contributed by atoms with Crippen LogP contribution in [0, 0.1) is 6.92 Å². The van der Waals surface area contributed by atoms with Crippen molar-refractivity contribution in [3.63, 3.8) is 0 Å². The van der Waals surface area contributed by atoms with Gasteiger partial charge in [0, 0.05) is 0 Å². The van der Waals surface area contributed by atoms with Crippen LogP contribution in [-0.4, -0.2) is 0 Å². The second-order valence-corrected chi connectivity index (χ2v) is 1.65. The molecule has 0 bridgehead atoms. The van der Waals surface area contributed by atoms with Crippen molar-refractivity contribution in [3.8, 4) is 0 Å². The fourth-order valence-electron chi connectivity index (χ4n) is 0.534. The van der Waals surface area contributed by atoms with Crippen LogP contribution in [0.5, 0.6) is 0 Å². The predicted molar refractivity (Wildman–Crippen MR) is 31.2 cm³/mol. The Morgan fingerprint density at radius 3 is 1.67 bits per heavy atom. The van der Waals surface area contributed by atoms with Gasteiger partial charge in [-0.1, -0.05) is 35.9 Å². The number of rotatable bonds is 0. The summed E-state index contributed by atoms with van der Waals surface area (Å²) in [5.41, 5.74) is 1.32. The second kappa shape index (κ2) is 7.44. The molecule has 9 heavy (non-hydrogen) atoms. The Balaban J connectivity index is 0. The molecule has 0 radical (unpaired) electrons. The van der Waals surface area contributed by atoms with E-state index in [1.165, 1.54) is 5.56 Å². The van der Waals surface area contributed by atoms with Gasteiger partial charge in [-0.2, -0.15) is 0 Å². The second-order valence-electron chi connectivity index (χ2n) is 1.65. The van der Waals surface area contributed by atoms with E-state index < -0.39 is 0 Å². The van der Waals surface area contributed by atoms with E-state index in [2.05, 4.69) is 19.1 Å². The third-order valence-corrected chi connectivity index (χ3v) is 0.940. The van der Waals surface area contributed by atoms with Gasteiger partial charge >= 0.3 is 51.4 Å². The van der Waals surface area contributed by atoms with Gasteiger partial charge in [0.15, 0.2) is 0 Å². The van der Waals surface area contributed by atoms with Crippen molar-refractivity contribution >= 4 is 0 Å². The zero-order valence-electron chi connectivity index (χ0n) is 5.76. The first-order chi connectivity index (χ1) is 3.39. The van der Waals surface area contributed by atoms with Crippen LogP contribution in [0.3, 0.4) is 0 Å². The Morgan fingerprint density at radius 1 is 1.00 bits per heavy atom. The van der Waals surface area contributed by atoms with Gasteiger partial charge in [-0.15, -0.1) is 0 Å². The van der Waals surface area contributed by atoms with Crippen LogP contribution in [0.1, 0.15) is 5.56 Å². The molecule has 0 amide bonds. The van der Waals surface area contributed by atoms with Gasteiger partial charge < -0.3 is 17.0 Å². The largest absolute Gasteiger partial charge is 1.00 e. The maximum atomic E-state index is 2.08. The Bertz CT molecular complexity index is 139. The minimum absolute atomic E-state index is 0. The molecule has 0 N–H and O–H groups in total. The fraction of sp³-hybridized carbons (Fsp3) is 0.143.